The maximum atomic E-state index is 5.96. The Morgan fingerprint density at radius 3 is 2.16 bits per heavy atom. The van der Waals surface area contributed by atoms with Crippen molar-refractivity contribution in [3.05, 3.63) is 18.4 Å². The third kappa shape index (κ3) is 2.27. The average molecular weight is 268 g/mol. The van der Waals surface area contributed by atoms with Gasteiger partial charge in [-0.3, -0.25) is 0 Å². The number of fused-ring (bicyclic) bond motifs is 3. The summed E-state index contributed by atoms with van der Waals surface area (Å²) < 4.78 is 29.4. The second kappa shape index (κ2) is 4.16. The summed E-state index contributed by atoms with van der Waals surface area (Å²) in [6.45, 7) is 11.1. The zero-order chi connectivity index (χ0) is 13.8. The van der Waals surface area contributed by atoms with Gasteiger partial charge in [-0.2, -0.15) is 0 Å². The molecule has 5 heteroatoms. The number of hydrogen-bond acceptors (Lipinski definition) is 5. The second-order valence-electron chi connectivity index (χ2n) is 6.00. The first-order valence-electron chi connectivity index (χ1n) is 6.54. The Hall–Kier alpha value is -0.680. The maximum absolute atomic E-state index is 5.96. The molecule has 0 aromatic carbocycles. The third-order valence-electron chi connectivity index (χ3n) is 3.47. The minimum atomic E-state index is -0.678. The highest BCUT2D eigenvalue weighted by Gasteiger charge is 2.60. The van der Waals surface area contributed by atoms with Gasteiger partial charge in [0.1, 0.15) is 24.4 Å². The molecule has 3 fully saturated rings. The molecule has 5 atom stereocenters. The average Bonchev–Trinajstić information content (AvgIpc) is 2.74. The molecular formula is C14H20O5. The van der Waals surface area contributed by atoms with Crippen molar-refractivity contribution in [2.24, 2.45) is 0 Å². The molecule has 3 saturated heterocycles. The Bertz CT molecular complexity index is 424. The molecular weight excluding hydrogens is 248 g/mol. The molecule has 3 aliphatic heterocycles. The highest BCUT2D eigenvalue weighted by molar-refractivity contribution is 5.05. The van der Waals surface area contributed by atoms with Crippen LogP contribution in [0.3, 0.4) is 0 Å². The van der Waals surface area contributed by atoms with Crippen LogP contribution < -0.4 is 0 Å². The number of rotatable bonds is 1. The van der Waals surface area contributed by atoms with E-state index >= 15 is 0 Å². The minimum absolute atomic E-state index is 0.217. The Labute approximate surface area is 113 Å². The fourth-order valence-corrected chi connectivity index (χ4v) is 2.89. The quantitative estimate of drug-likeness (QED) is 0.678. The molecule has 0 saturated carbocycles. The van der Waals surface area contributed by atoms with Gasteiger partial charge in [0.15, 0.2) is 17.9 Å². The summed E-state index contributed by atoms with van der Waals surface area (Å²) in [5.74, 6) is -1.33. The molecule has 0 spiro atoms. The van der Waals surface area contributed by atoms with Gasteiger partial charge in [0.25, 0.3) is 0 Å². The standard InChI is InChI=1S/C14H20O5/c1-6-7-8-9-10(17-13(2,3)16-9)11-12(15-8)19-14(4,5)18-11/h7-12H,1H2,2-5H3/t8?,9-,10?,11+,12+/m1/s1. The monoisotopic (exact) mass is 268 g/mol. The first-order valence-corrected chi connectivity index (χ1v) is 6.54. The number of hydrogen-bond donors (Lipinski definition) is 0. The van der Waals surface area contributed by atoms with E-state index in [1.165, 1.54) is 0 Å². The van der Waals surface area contributed by atoms with Crippen molar-refractivity contribution in [2.75, 3.05) is 0 Å². The van der Waals surface area contributed by atoms with Crippen LogP contribution in [0.15, 0.2) is 18.4 Å². The molecule has 2 unspecified atom stereocenters. The van der Waals surface area contributed by atoms with E-state index in [1.54, 1.807) is 6.08 Å². The lowest BCUT2D eigenvalue weighted by Crippen LogP contribution is -2.54. The largest absolute Gasteiger partial charge is 0.342 e. The van der Waals surface area contributed by atoms with Crippen molar-refractivity contribution in [3.8, 4) is 0 Å². The molecule has 0 amide bonds. The topological polar surface area (TPSA) is 46.2 Å². The molecule has 0 aromatic heterocycles. The zero-order valence-electron chi connectivity index (χ0n) is 11.7. The van der Waals surface area contributed by atoms with E-state index in [0.29, 0.717) is 0 Å². The molecule has 5 nitrogen and oxygen atoms in total. The van der Waals surface area contributed by atoms with Crippen LogP contribution in [0.25, 0.3) is 0 Å². The molecule has 3 aliphatic rings. The van der Waals surface area contributed by atoms with Crippen LogP contribution in [0, 0.1) is 0 Å². The van der Waals surface area contributed by atoms with Crippen LogP contribution in [0.4, 0.5) is 0 Å². The second-order valence-corrected chi connectivity index (χ2v) is 6.00. The van der Waals surface area contributed by atoms with Gasteiger partial charge in [-0.05, 0) is 33.8 Å². The molecule has 106 valence electrons. The summed E-state index contributed by atoms with van der Waals surface area (Å²) in [7, 11) is 0. The summed E-state index contributed by atoms with van der Waals surface area (Å²) in [5, 5.41) is 0. The van der Waals surface area contributed by atoms with Crippen LogP contribution in [0.2, 0.25) is 0 Å². The van der Waals surface area contributed by atoms with Crippen LogP contribution in [-0.2, 0) is 23.7 Å². The smallest absolute Gasteiger partial charge is 0.190 e. The summed E-state index contributed by atoms with van der Waals surface area (Å²) in [6.07, 6.45) is 0.267. The Morgan fingerprint density at radius 2 is 1.47 bits per heavy atom. The SMILES string of the molecule is C=C=CC1O[C@H]2OC(C)(C)O[C@H]2C2OC(C)(C)O[C@H]12. The Morgan fingerprint density at radius 1 is 0.895 bits per heavy atom. The van der Waals surface area contributed by atoms with Crippen molar-refractivity contribution >= 4 is 0 Å². The van der Waals surface area contributed by atoms with E-state index in [9.17, 15) is 0 Å². The first kappa shape index (κ1) is 13.3. The van der Waals surface area contributed by atoms with E-state index in [0.717, 1.165) is 0 Å². The van der Waals surface area contributed by atoms with Gasteiger partial charge in [0, 0.05) is 0 Å². The molecule has 19 heavy (non-hydrogen) atoms. The Kier molecular flexibility index (Phi) is 2.91. The molecule has 0 N–H and O–H groups in total. The summed E-state index contributed by atoms with van der Waals surface area (Å²) in [4.78, 5) is 0. The molecule has 0 aromatic rings. The highest BCUT2D eigenvalue weighted by Crippen LogP contribution is 2.44. The summed E-state index contributed by atoms with van der Waals surface area (Å²) in [6, 6.07) is 0. The van der Waals surface area contributed by atoms with Crippen molar-refractivity contribution in [3.63, 3.8) is 0 Å². The van der Waals surface area contributed by atoms with E-state index in [-0.39, 0.29) is 24.4 Å². The van der Waals surface area contributed by atoms with Gasteiger partial charge in [-0.15, -0.1) is 5.73 Å². The van der Waals surface area contributed by atoms with Crippen molar-refractivity contribution in [1.82, 2.24) is 0 Å². The lowest BCUT2D eigenvalue weighted by Gasteiger charge is -2.35. The van der Waals surface area contributed by atoms with Crippen LogP contribution in [-0.4, -0.2) is 42.3 Å². The van der Waals surface area contributed by atoms with E-state index in [2.05, 4.69) is 12.3 Å². The predicted octanol–water partition coefficient (Wildman–Crippen LogP) is 1.72. The lowest BCUT2D eigenvalue weighted by molar-refractivity contribution is -0.222. The summed E-state index contributed by atoms with van der Waals surface area (Å²) in [5.41, 5.74) is 2.75. The fourth-order valence-electron chi connectivity index (χ4n) is 2.89. The van der Waals surface area contributed by atoms with Crippen molar-refractivity contribution in [1.29, 1.82) is 0 Å². The minimum Gasteiger partial charge on any atom is -0.342 e. The fraction of sp³-hybridized carbons (Fsp3) is 0.786. The van der Waals surface area contributed by atoms with Gasteiger partial charge in [0.2, 0.25) is 0 Å². The van der Waals surface area contributed by atoms with Crippen LogP contribution in [0.5, 0.6) is 0 Å². The summed E-state index contributed by atoms with van der Waals surface area (Å²) >= 11 is 0. The normalized spacial score (nSPS) is 46.2. The molecule has 3 heterocycles. The van der Waals surface area contributed by atoms with Gasteiger partial charge in [-0.1, -0.05) is 6.58 Å². The molecule has 0 radical (unpaired) electrons. The van der Waals surface area contributed by atoms with E-state index in [4.69, 9.17) is 23.7 Å². The predicted molar refractivity (Wildman–Crippen MR) is 66.2 cm³/mol. The third-order valence-corrected chi connectivity index (χ3v) is 3.47. The van der Waals surface area contributed by atoms with Crippen molar-refractivity contribution in [2.45, 2.75) is 70.0 Å². The van der Waals surface area contributed by atoms with Crippen LogP contribution in [0.1, 0.15) is 27.7 Å². The van der Waals surface area contributed by atoms with E-state index < -0.39 is 17.9 Å². The Balaban J connectivity index is 1.90. The molecule has 0 aliphatic carbocycles. The highest BCUT2D eigenvalue weighted by atomic mass is 16.9. The zero-order valence-corrected chi connectivity index (χ0v) is 11.7. The first-order chi connectivity index (χ1) is 8.81. The van der Waals surface area contributed by atoms with Gasteiger partial charge >= 0.3 is 0 Å². The van der Waals surface area contributed by atoms with Crippen LogP contribution >= 0.6 is 0 Å². The van der Waals surface area contributed by atoms with Gasteiger partial charge in [-0.25, -0.2) is 0 Å². The molecule has 3 rings (SSSR count). The van der Waals surface area contributed by atoms with Gasteiger partial charge < -0.3 is 23.7 Å². The van der Waals surface area contributed by atoms with Gasteiger partial charge in [0.05, 0.1) is 0 Å². The molecule has 0 bridgehead atoms. The van der Waals surface area contributed by atoms with Crippen molar-refractivity contribution < 1.29 is 23.7 Å². The van der Waals surface area contributed by atoms with E-state index in [1.807, 2.05) is 27.7 Å². The lowest BCUT2D eigenvalue weighted by atomic mass is 9.99. The maximum Gasteiger partial charge on any atom is 0.190 e. The number of ether oxygens (including phenoxy) is 5.